The van der Waals surface area contributed by atoms with Gasteiger partial charge in [-0.05, 0) is 50.4 Å². The molecule has 3 rings (SSSR count). The van der Waals surface area contributed by atoms with Crippen LogP contribution in [0.2, 0.25) is 0 Å². The van der Waals surface area contributed by atoms with Crippen molar-refractivity contribution in [3.05, 3.63) is 28.2 Å². The maximum Gasteiger partial charge on any atom is 0.0429 e. The van der Waals surface area contributed by atoms with Gasteiger partial charge >= 0.3 is 0 Å². The van der Waals surface area contributed by atoms with Crippen molar-refractivity contribution >= 4 is 21.6 Å². The molecule has 0 aliphatic carbocycles. The summed E-state index contributed by atoms with van der Waals surface area (Å²) in [6.07, 6.45) is 5.44. The van der Waals surface area contributed by atoms with Crippen molar-refractivity contribution in [2.24, 2.45) is 0 Å². The maximum absolute atomic E-state index is 3.78. The van der Waals surface area contributed by atoms with Gasteiger partial charge in [-0.15, -0.1) is 0 Å². The molecule has 0 aromatic heterocycles. The van der Waals surface area contributed by atoms with Crippen LogP contribution in [0, 0.1) is 6.92 Å². The molecule has 98 valence electrons. The SMILES string of the molecule is Cc1ccc(Br)cc1NC1CCN2CCCCC12. The minimum atomic E-state index is 0.637. The molecule has 18 heavy (non-hydrogen) atoms. The van der Waals surface area contributed by atoms with Gasteiger partial charge in [0.2, 0.25) is 0 Å². The molecule has 1 aromatic carbocycles. The highest BCUT2D eigenvalue weighted by atomic mass is 79.9. The summed E-state index contributed by atoms with van der Waals surface area (Å²) in [6, 6.07) is 7.90. The molecular weight excluding hydrogens is 288 g/mol. The Kier molecular flexibility index (Phi) is 3.62. The molecule has 2 unspecified atom stereocenters. The van der Waals surface area contributed by atoms with Crippen LogP contribution in [0.15, 0.2) is 22.7 Å². The second-order valence-electron chi connectivity index (χ2n) is 5.60. The van der Waals surface area contributed by atoms with E-state index in [-0.39, 0.29) is 0 Å². The maximum atomic E-state index is 3.78. The summed E-state index contributed by atoms with van der Waals surface area (Å²) < 4.78 is 1.16. The number of anilines is 1. The highest BCUT2D eigenvalue weighted by Crippen LogP contribution is 2.30. The monoisotopic (exact) mass is 308 g/mol. The average molecular weight is 309 g/mol. The summed E-state index contributed by atoms with van der Waals surface area (Å²) in [6.45, 7) is 4.76. The molecule has 1 aromatic rings. The molecule has 1 N–H and O–H groups in total. The van der Waals surface area contributed by atoms with Gasteiger partial charge in [0.25, 0.3) is 0 Å². The standard InChI is InChI=1S/C15H21BrN2/c1-11-5-6-12(16)10-14(11)17-13-7-9-18-8-3-2-4-15(13)18/h5-6,10,13,15,17H,2-4,7-9H2,1H3. The van der Waals surface area contributed by atoms with Crippen LogP contribution in [-0.2, 0) is 0 Å². The number of piperidine rings is 1. The van der Waals surface area contributed by atoms with E-state index in [2.05, 4.69) is 51.3 Å². The molecule has 2 aliphatic rings. The minimum Gasteiger partial charge on any atom is -0.380 e. The van der Waals surface area contributed by atoms with Crippen molar-refractivity contribution in [1.82, 2.24) is 4.90 Å². The molecular formula is C15H21BrN2. The Bertz CT molecular complexity index is 433. The largest absolute Gasteiger partial charge is 0.380 e. The number of nitrogens with zero attached hydrogens (tertiary/aromatic N) is 1. The number of nitrogens with one attached hydrogen (secondary N) is 1. The third-order valence-corrected chi connectivity index (χ3v) is 4.89. The van der Waals surface area contributed by atoms with Gasteiger partial charge in [0.15, 0.2) is 0 Å². The zero-order chi connectivity index (χ0) is 12.5. The predicted octanol–water partition coefficient (Wildman–Crippen LogP) is 3.80. The van der Waals surface area contributed by atoms with Crippen LogP contribution in [0.4, 0.5) is 5.69 Å². The fourth-order valence-corrected chi connectivity index (χ4v) is 3.73. The normalized spacial score (nSPS) is 28.1. The molecule has 2 atom stereocenters. The summed E-state index contributed by atoms with van der Waals surface area (Å²) >= 11 is 3.56. The Labute approximate surface area is 118 Å². The quantitative estimate of drug-likeness (QED) is 0.894. The topological polar surface area (TPSA) is 15.3 Å². The number of halogens is 1. The summed E-state index contributed by atoms with van der Waals surface area (Å²) in [5.74, 6) is 0. The van der Waals surface area contributed by atoms with Crippen LogP contribution < -0.4 is 5.32 Å². The molecule has 2 aliphatic heterocycles. The van der Waals surface area contributed by atoms with Gasteiger partial charge in [-0.3, -0.25) is 4.90 Å². The number of hydrogen-bond acceptors (Lipinski definition) is 2. The van der Waals surface area contributed by atoms with E-state index in [1.165, 1.54) is 50.0 Å². The van der Waals surface area contributed by atoms with E-state index < -0.39 is 0 Å². The molecule has 2 fully saturated rings. The summed E-state index contributed by atoms with van der Waals surface area (Å²) in [7, 11) is 0. The first-order chi connectivity index (χ1) is 8.74. The van der Waals surface area contributed by atoms with E-state index in [0.29, 0.717) is 6.04 Å². The fourth-order valence-electron chi connectivity index (χ4n) is 3.37. The Morgan fingerprint density at radius 1 is 1.22 bits per heavy atom. The van der Waals surface area contributed by atoms with E-state index in [1.54, 1.807) is 0 Å². The van der Waals surface area contributed by atoms with E-state index in [0.717, 1.165) is 10.5 Å². The van der Waals surface area contributed by atoms with E-state index in [1.807, 2.05) is 0 Å². The van der Waals surface area contributed by atoms with Gasteiger partial charge in [-0.2, -0.15) is 0 Å². The lowest BCUT2D eigenvalue weighted by atomic mass is 9.98. The highest BCUT2D eigenvalue weighted by molar-refractivity contribution is 9.10. The number of benzene rings is 1. The zero-order valence-electron chi connectivity index (χ0n) is 11.0. The number of aryl methyl sites for hydroxylation is 1. The van der Waals surface area contributed by atoms with Gasteiger partial charge in [-0.25, -0.2) is 0 Å². The van der Waals surface area contributed by atoms with Crippen LogP contribution in [0.1, 0.15) is 31.2 Å². The van der Waals surface area contributed by atoms with Crippen molar-refractivity contribution in [2.75, 3.05) is 18.4 Å². The Balaban J connectivity index is 1.74. The van der Waals surface area contributed by atoms with Crippen molar-refractivity contribution in [1.29, 1.82) is 0 Å². The zero-order valence-corrected chi connectivity index (χ0v) is 12.5. The third-order valence-electron chi connectivity index (χ3n) is 4.40. The second kappa shape index (κ2) is 5.22. The van der Waals surface area contributed by atoms with E-state index in [9.17, 15) is 0 Å². The summed E-state index contributed by atoms with van der Waals surface area (Å²) in [5.41, 5.74) is 2.63. The highest BCUT2D eigenvalue weighted by Gasteiger charge is 2.35. The Morgan fingerprint density at radius 3 is 3.00 bits per heavy atom. The van der Waals surface area contributed by atoms with Crippen LogP contribution in [0.25, 0.3) is 0 Å². The summed E-state index contributed by atoms with van der Waals surface area (Å²) in [4.78, 5) is 2.68. The number of rotatable bonds is 2. The van der Waals surface area contributed by atoms with Crippen molar-refractivity contribution in [3.8, 4) is 0 Å². The second-order valence-corrected chi connectivity index (χ2v) is 6.51. The average Bonchev–Trinajstić information content (AvgIpc) is 2.78. The lowest BCUT2D eigenvalue weighted by molar-refractivity contribution is 0.193. The molecule has 0 amide bonds. The predicted molar refractivity (Wildman–Crippen MR) is 80.1 cm³/mol. The van der Waals surface area contributed by atoms with Crippen LogP contribution >= 0.6 is 15.9 Å². The number of fused-ring (bicyclic) bond motifs is 1. The first kappa shape index (κ1) is 12.5. The van der Waals surface area contributed by atoms with Crippen LogP contribution in [0.5, 0.6) is 0 Å². The van der Waals surface area contributed by atoms with Crippen molar-refractivity contribution < 1.29 is 0 Å². The molecule has 0 bridgehead atoms. The molecule has 0 radical (unpaired) electrons. The molecule has 3 heteroatoms. The van der Waals surface area contributed by atoms with Crippen LogP contribution in [0.3, 0.4) is 0 Å². The van der Waals surface area contributed by atoms with E-state index >= 15 is 0 Å². The molecule has 0 saturated carbocycles. The summed E-state index contributed by atoms with van der Waals surface area (Å²) in [5, 5.41) is 3.78. The van der Waals surface area contributed by atoms with Crippen LogP contribution in [-0.4, -0.2) is 30.1 Å². The smallest absolute Gasteiger partial charge is 0.0429 e. The first-order valence-corrected chi connectivity index (χ1v) is 7.80. The van der Waals surface area contributed by atoms with Gasteiger partial charge in [0.05, 0.1) is 0 Å². The van der Waals surface area contributed by atoms with Gasteiger partial charge < -0.3 is 5.32 Å². The third kappa shape index (κ3) is 2.43. The lowest BCUT2D eigenvalue weighted by Crippen LogP contribution is -2.41. The molecule has 0 spiro atoms. The van der Waals surface area contributed by atoms with E-state index in [4.69, 9.17) is 0 Å². The van der Waals surface area contributed by atoms with Gasteiger partial charge in [-0.1, -0.05) is 28.4 Å². The molecule has 2 nitrogen and oxygen atoms in total. The molecule has 2 saturated heterocycles. The lowest BCUT2D eigenvalue weighted by Gasteiger charge is -2.33. The Hall–Kier alpha value is -0.540. The number of hydrogen-bond donors (Lipinski definition) is 1. The Morgan fingerprint density at radius 2 is 2.11 bits per heavy atom. The minimum absolute atomic E-state index is 0.637. The first-order valence-electron chi connectivity index (χ1n) is 7.01. The van der Waals surface area contributed by atoms with Crippen molar-refractivity contribution in [3.63, 3.8) is 0 Å². The van der Waals surface area contributed by atoms with Crippen molar-refractivity contribution in [2.45, 2.75) is 44.7 Å². The van der Waals surface area contributed by atoms with Gasteiger partial charge in [0, 0.05) is 28.8 Å². The molecule has 2 heterocycles. The fraction of sp³-hybridized carbons (Fsp3) is 0.600. The van der Waals surface area contributed by atoms with Gasteiger partial charge in [0.1, 0.15) is 0 Å².